The minimum absolute atomic E-state index is 0.306. The van der Waals surface area contributed by atoms with Crippen molar-refractivity contribution in [3.8, 4) is 5.75 Å². The quantitative estimate of drug-likeness (QED) is 0.812. The summed E-state index contributed by atoms with van der Waals surface area (Å²) < 4.78 is 32.3. The Kier molecular flexibility index (Phi) is 6.08. The van der Waals surface area contributed by atoms with Gasteiger partial charge in [0.15, 0.2) is 0 Å². The molecule has 0 amide bonds. The first kappa shape index (κ1) is 18.6. The number of sulfonamides is 1. The van der Waals surface area contributed by atoms with Crippen LogP contribution in [0.2, 0.25) is 0 Å². The molecular weight excluding hydrogens is 348 g/mol. The van der Waals surface area contributed by atoms with Crippen molar-refractivity contribution >= 4 is 15.6 Å². The highest BCUT2D eigenvalue weighted by Crippen LogP contribution is 2.24. The smallest absolute Gasteiger partial charge is 0.240 e. The topological polar surface area (TPSA) is 58.6 Å². The van der Waals surface area contributed by atoms with Crippen LogP contribution in [0.3, 0.4) is 0 Å². The van der Waals surface area contributed by atoms with E-state index in [4.69, 9.17) is 4.74 Å². The van der Waals surface area contributed by atoms with Gasteiger partial charge in [0.1, 0.15) is 5.75 Å². The fourth-order valence-electron chi connectivity index (χ4n) is 3.00. The molecule has 2 aromatic rings. The molecule has 1 N–H and O–H groups in total. The van der Waals surface area contributed by atoms with Crippen molar-refractivity contribution in [3.63, 3.8) is 0 Å². The molecule has 2 aromatic carbocycles. The average Bonchev–Trinajstić information content (AvgIpc) is 2.69. The standard InChI is InChI=1S/C20H24N2O3S/c1-25-19-9-7-17(8-10-19)18-11-14-22(15-12-18)16-13-21-26(23,24)20-5-3-2-4-6-20/h2-11,21H,12-16H2,1H3. The minimum atomic E-state index is -3.43. The van der Waals surface area contributed by atoms with Crippen LogP contribution in [-0.4, -0.2) is 46.6 Å². The SMILES string of the molecule is COc1ccc(C2=CCN(CCNS(=O)(=O)c3ccccc3)CC2)cc1. The molecule has 0 aliphatic carbocycles. The van der Waals surface area contributed by atoms with E-state index in [1.54, 1.807) is 37.4 Å². The van der Waals surface area contributed by atoms with Crippen molar-refractivity contribution in [1.82, 2.24) is 9.62 Å². The molecule has 6 heteroatoms. The monoisotopic (exact) mass is 372 g/mol. The maximum atomic E-state index is 12.2. The van der Waals surface area contributed by atoms with Gasteiger partial charge < -0.3 is 4.74 Å². The Morgan fingerprint density at radius 3 is 2.42 bits per heavy atom. The Balaban J connectivity index is 1.50. The molecular formula is C20H24N2O3S. The summed E-state index contributed by atoms with van der Waals surface area (Å²) in [5, 5.41) is 0. The van der Waals surface area contributed by atoms with Gasteiger partial charge in [0.2, 0.25) is 10.0 Å². The summed E-state index contributed by atoms with van der Waals surface area (Å²) in [6.45, 7) is 2.85. The van der Waals surface area contributed by atoms with Crippen LogP contribution in [0.15, 0.2) is 65.6 Å². The zero-order valence-electron chi connectivity index (χ0n) is 14.9. The zero-order chi connectivity index (χ0) is 18.4. The number of rotatable bonds is 7. The number of ether oxygens (including phenoxy) is 1. The van der Waals surface area contributed by atoms with E-state index in [2.05, 4.69) is 27.8 Å². The van der Waals surface area contributed by atoms with Crippen molar-refractivity contribution in [1.29, 1.82) is 0 Å². The Labute approximate surface area is 155 Å². The second-order valence-corrected chi connectivity index (χ2v) is 7.99. The van der Waals surface area contributed by atoms with Crippen molar-refractivity contribution in [2.75, 3.05) is 33.3 Å². The number of methoxy groups -OCH3 is 1. The lowest BCUT2D eigenvalue weighted by molar-refractivity contribution is 0.307. The van der Waals surface area contributed by atoms with Gasteiger partial charge in [-0.15, -0.1) is 0 Å². The van der Waals surface area contributed by atoms with E-state index in [-0.39, 0.29) is 0 Å². The van der Waals surface area contributed by atoms with Crippen molar-refractivity contribution < 1.29 is 13.2 Å². The molecule has 0 saturated carbocycles. The normalized spacial score (nSPS) is 15.5. The second kappa shape index (κ2) is 8.49. The van der Waals surface area contributed by atoms with E-state index in [1.807, 2.05) is 12.1 Å². The third-order valence-corrected chi connectivity index (χ3v) is 6.00. The highest BCUT2D eigenvalue weighted by molar-refractivity contribution is 7.89. The van der Waals surface area contributed by atoms with Gasteiger partial charge in [0, 0.05) is 26.2 Å². The molecule has 5 nitrogen and oxygen atoms in total. The molecule has 0 radical (unpaired) electrons. The van der Waals surface area contributed by atoms with E-state index >= 15 is 0 Å². The molecule has 138 valence electrons. The van der Waals surface area contributed by atoms with Gasteiger partial charge in [0.25, 0.3) is 0 Å². The van der Waals surface area contributed by atoms with Gasteiger partial charge >= 0.3 is 0 Å². The first-order valence-corrected chi connectivity index (χ1v) is 10.2. The van der Waals surface area contributed by atoms with Gasteiger partial charge in [0.05, 0.1) is 12.0 Å². The van der Waals surface area contributed by atoms with Gasteiger partial charge in [-0.2, -0.15) is 0 Å². The highest BCUT2D eigenvalue weighted by atomic mass is 32.2. The fourth-order valence-corrected chi connectivity index (χ4v) is 4.04. The molecule has 0 atom stereocenters. The number of nitrogens with zero attached hydrogens (tertiary/aromatic N) is 1. The van der Waals surface area contributed by atoms with Crippen molar-refractivity contribution in [3.05, 3.63) is 66.2 Å². The molecule has 0 saturated heterocycles. The number of benzene rings is 2. The lowest BCUT2D eigenvalue weighted by Crippen LogP contribution is -2.37. The fraction of sp³-hybridized carbons (Fsp3) is 0.300. The maximum Gasteiger partial charge on any atom is 0.240 e. The third-order valence-electron chi connectivity index (χ3n) is 4.53. The molecule has 0 unspecified atom stereocenters. The van der Waals surface area contributed by atoms with Crippen LogP contribution in [0.5, 0.6) is 5.75 Å². The molecule has 0 fully saturated rings. The Morgan fingerprint density at radius 1 is 1.08 bits per heavy atom. The summed E-state index contributed by atoms with van der Waals surface area (Å²) in [4.78, 5) is 2.56. The van der Waals surface area contributed by atoms with Crippen LogP contribution in [0.4, 0.5) is 0 Å². The van der Waals surface area contributed by atoms with Crippen molar-refractivity contribution in [2.45, 2.75) is 11.3 Å². The predicted octanol–water partition coefficient (Wildman–Crippen LogP) is 2.76. The number of hydrogen-bond acceptors (Lipinski definition) is 4. The molecule has 1 heterocycles. The Bertz CT molecular complexity index is 846. The van der Waals surface area contributed by atoms with E-state index < -0.39 is 10.0 Å². The molecule has 1 aliphatic rings. The van der Waals surface area contributed by atoms with Crippen molar-refractivity contribution in [2.24, 2.45) is 0 Å². The van der Waals surface area contributed by atoms with Gasteiger partial charge in [-0.05, 0) is 41.8 Å². The Hall–Kier alpha value is -2.15. The summed E-state index contributed by atoms with van der Waals surface area (Å²) in [6.07, 6.45) is 3.18. The number of hydrogen-bond donors (Lipinski definition) is 1. The summed E-state index contributed by atoms with van der Waals surface area (Å²) in [7, 11) is -1.76. The van der Waals surface area contributed by atoms with Crippen LogP contribution >= 0.6 is 0 Å². The van der Waals surface area contributed by atoms with Gasteiger partial charge in [-0.25, -0.2) is 13.1 Å². The Morgan fingerprint density at radius 2 is 1.81 bits per heavy atom. The van der Waals surface area contributed by atoms with Gasteiger partial charge in [-0.1, -0.05) is 36.4 Å². The first-order chi connectivity index (χ1) is 12.6. The zero-order valence-corrected chi connectivity index (χ0v) is 15.7. The van der Waals surface area contributed by atoms with E-state index in [0.717, 1.165) is 25.3 Å². The summed E-state index contributed by atoms with van der Waals surface area (Å²) in [5.41, 5.74) is 2.55. The van der Waals surface area contributed by atoms with E-state index in [0.29, 0.717) is 18.0 Å². The molecule has 26 heavy (non-hydrogen) atoms. The molecule has 0 spiro atoms. The summed E-state index contributed by atoms with van der Waals surface area (Å²) >= 11 is 0. The maximum absolute atomic E-state index is 12.2. The number of nitrogens with one attached hydrogen (secondary N) is 1. The third kappa shape index (κ3) is 4.72. The largest absolute Gasteiger partial charge is 0.497 e. The summed E-state index contributed by atoms with van der Waals surface area (Å²) in [5.74, 6) is 0.859. The predicted molar refractivity (Wildman–Crippen MR) is 104 cm³/mol. The highest BCUT2D eigenvalue weighted by Gasteiger charge is 2.16. The molecule has 0 aromatic heterocycles. The lowest BCUT2D eigenvalue weighted by Gasteiger charge is -2.26. The van der Waals surface area contributed by atoms with Crippen LogP contribution in [0, 0.1) is 0 Å². The van der Waals surface area contributed by atoms with Crippen LogP contribution in [0.1, 0.15) is 12.0 Å². The van der Waals surface area contributed by atoms with Crippen LogP contribution in [0.25, 0.3) is 5.57 Å². The first-order valence-electron chi connectivity index (χ1n) is 8.69. The van der Waals surface area contributed by atoms with E-state index in [1.165, 1.54) is 11.1 Å². The molecule has 3 rings (SSSR count). The molecule has 1 aliphatic heterocycles. The minimum Gasteiger partial charge on any atom is -0.497 e. The second-order valence-electron chi connectivity index (χ2n) is 6.22. The lowest BCUT2D eigenvalue weighted by atomic mass is 9.99. The molecule has 0 bridgehead atoms. The van der Waals surface area contributed by atoms with Crippen LogP contribution in [-0.2, 0) is 10.0 Å². The average molecular weight is 372 g/mol. The summed E-state index contributed by atoms with van der Waals surface area (Å²) in [6, 6.07) is 16.6. The van der Waals surface area contributed by atoms with E-state index in [9.17, 15) is 8.42 Å². The van der Waals surface area contributed by atoms with Crippen LogP contribution < -0.4 is 9.46 Å². The van der Waals surface area contributed by atoms with Gasteiger partial charge in [-0.3, -0.25) is 4.90 Å².